The summed E-state index contributed by atoms with van der Waals surface area (Å²) < 4.78 is 22.6. The van der Waals surface area contributed by atoms with Crippen molar-refractivity contribution in [1.29, 1.82) is 0 Å². The van der Waals surface area contributed by atoms with Gasteiger partial charge in [-0.1, -0.05) is 38.1 Å². The standard InChI is InChI=1S/C17H29N3O2S/c1-5-18-17(19-11-10-14(2)3)20-12-15-6-8-16(9-7-15)13-23(4,21)22/h6-9,14H,5,10-13H2,1-4H3,(H2,18,19,20). The van der Waals surface area contributed by atoms with E-state index in [4.69, 9.17) is 0 Å². The molecule has 0 bridgehead atoms. The van der Waals surface area contributed by atoms with E-state index in [1.165, 1.54) is 6.26 Å². The molecule has 0 aliphatic rings. The molecule has 0 amide bonds. The van der Waals surface area contributed by atoms with Gasteiger partial charge in [-0.05, 0) is 30.4 Å². The predicted molar refractivity (Wildman–Crippen MR) is 97.3 cm³/mol. The zero-order chi connectivity index (χ0) is 17.3. The number of guanidine groups is 1. The van der Waals surface area contributed by atoms with Crippen molar-refractivity contribution in [2.75, 3.05) is 19.3 Å². The summed E-state index contributed by atoms with van der Waals surface area (Å²) >= 11 is 0. The van der Waals surface area contributed by atoms with Gasteiger partial charge >= 0.3 is 0 Å². The molecule has 0 spiro atoms. The molecule has 0 heterocycles. The van der Waals surface area contributed by atoms with E-state index in [1.807, 2.05) is 31.2 Å². The van der Waals surface area contributed by atoms with E-state index >= 15 is 0 Å². The Balaban J connectivity index is 2.60. The minimum Gasteiger partial charge on any atom is -0.357 e. The summed E-state index contributed by atoms with van der Waals surface area (Å²) in [5.41, 5.74) is 1.87. The lowest BCUT2D eigenvalue weighted by atomic mass is 10.1. The molecule has 5 nitrogen and oxygen atoms in total. The first-order valence-electron chi connectivity index (χ1n) is 8.08. The predicted octanol–water partition coefficient (Wildman–Crippen LogP) is 2.33. The molecule has 0 aliphatic heterocycles. The normalized spacial score (nSPS) is 12.5. The average Bonchev–Trinajstić information content (AvgIpc) is 2.44. The van der Waals surface area contributed by atoms with E-state index in [2.05, 4.69) is 29.5 Å². The van der Waals surface area contributed by atoms with E-state index < -0.39 is 9.84 Å². The Morgan fingerprint density at radius 3 is 2.26 bits per heavy atom. The van der Waals surface area contributed by atoms with Crippen LogP contribution in [0.5, 0.6) is 0 Å². The minimum absolute atomic E-state index is 0.0793. The zero-order valence-electron chi connectivity index (χ0n) is 14.6. The van der Waals surface area contributed by atoms with Gasteiger partial charge in [-0.2, -0.15) is 0 Å². The van der Waals surface area contributed by atoms with Crippen LogP contribution < -0.4 is 10.6 Å². The van der Waals surface area contributed by atoms with Gasteiger partial charge in [0, 0.05) is 19.3 Å². The average molecular weight is 340 g/mol. The summed E-state index contributed by atoms with van der Waals surface area (Å²) in [5.74, 6) is 1.55. The summed E-state index contributed by atoms with van der Waals surface area (Å²) in [5, 5.41) is 6.55. The van der Waals surface area contributed by atoms with Gasteiger partial charge in [0.05, 0.1) is 12.3 Å². The van der Waals surface area contributed by atoms with Crippen molar-refractivity contribution >= 4 is 15.8 Å². The van der Waals surface area contributed by atoms with Crippen molar-refractivity contribution in [3.8, 4) is 0 Å². The Bertz CT molecular complexity index is 593. The Morgan fingerprint density at radius 1 is 1.13 bits per heavy atom. The van der Waals surface area contributed by atoms with Crippen LogP contribution >= 0.6 is 0 Å². The minimum atomic E-state index is -2.99. The monoisotopic (exact) mass is 339 g/mol. The summed E-state index contributed by atoms with van der Waals surface area (Å²) in [4.78, 5) is 4.56. The van der Waals surface area contributed by atoms with Gasteiger partial charge in [-0.15, -0.1) is 0 Å². The highest BCUT2D eigenvalue weighted by Crippen LogP contribution is 2.08. The van der Waals surface area contributed by atoms with Crippen LogP contribution in [0.4, 0.5) is 0 Å². The van der Waals surface area contributed by atoms with Crippen molar-refractivity contribution in [3.63, 3.8) is 0 Å². The van der Waals surface area contributed by atoms with E-state index in [0.29, 0.717) is 12.5 Å². The second kappa shape index (κ2) is 9.55. The third kappa shape index (κ3) is 9.23. The van der Waals surface area contributed by atoms with Crippen LogP contribution in [-0.4, -0.2) is 33.7 Å². The first-order valence-corrected chi connectivity index (χ1v) is 10.1. The van der Waals surface area contributed by atoms with Crippen LogP contribution in [0.25, 0.3) is 0 Å². The summed E-state index contributed by atoms with van der Waals surface area (Å²) in [6.45, 7) is 8.72. The number of aliphatic imine (C=N–C) groups is 1. The first kappa shape index (κ1) is 19.5. The van der Waals surface area contributed by atoms with Gasteiger partial charge in [0.1, 0.15) is 0 Å². The molecule has 6 heteroatoms. The van der Waals surface area contributed by atoms with Crippen LogP contribution in [0.2, 0.25) is 0 Å². The molecular formula is C17H29N3O2S. The fraction of sp³-hybridized carbons (Fsp3) is 0.588. The molecule has 1 aromatic rings. The summed E-state index contributed by atoms with van der Waals surface area (Å²) in [7, 11) is -2.99. The molecule has 130 valence electrons. The Hall–Kier alpha value is -1.56. The number of rotatable bonds is 8. The van der Waals surface area contributed by atoms with Gasteiger partial charge in [-0.25, -0.2) is 13.4 Å². The van der Waals surface area contributed by atoms with Gasteiger partial charge in [0.25, 0.3) is 0 Å². The molecule has 0 unspecified atom stereocenters. The van der Waals surface area contributed by atoms with Crippen molar-refractivity contribution in [2.45, 2.75) is 39.5 Å². The van der Waals surface area contributed by atoms with E-state index in [1.54, 1.807) is 0 Å². The second-order valence-electron chi connectivity index (χ2n) is 6.19. The van der Waals surface area contributed by atoms with Gasteiger partial charge in [-0.3, -0.25) is 0 Å². The smallest absolute Gasteiger partial charge is 0.191 e. The fourth-order valence-corrected chi connectivity index (χ4v) is 2.83. The Kier molecular flexibility index (Phi) is 8.09. The Morgan fingerprint density at radius 2 is 1.74 bits per heavy atom. The molecule has 0 atom stereocenters. The molecule has 0 fully saturated rings. The van der Waals surface area contributed by atoms with Gasteiger partial charge in [0.15, 0.2) is 15.8 Å². The highest BCUT2D eigenvalue weighted by atomic mass is 32.2. The lowest BCUT2D eigenvalue weighted by molar-refractivity contribution is 0.573. The van der Waals surface area contributed by atoms with Crippen LogP contribution in [0, 0.1) is 5.92 Å². The second-order valence-corrected chi connectivity index (χ2v) is 8.33. The molecule has 0 saturated heterocycles. The van der Waals surface area contributed by atoms with Crippen LogP contribution in [0.1, 0.15) is 38.3 Å². The molecule has 23 heavy (non-hydrogen) atoms. The topological polar surface area (TPSA) is 70.6 Å². The maximum Gasteiger partial charge on any atom is 0.191 e. The SMILES string of the molecule is CCNC(=NCc1ccc(CS(C)(=O)=O)cc1)NCCC(C)C. The van der Waals surface area contributed by atoms with Crippen molar-refractivity contribution < 1.29 is 8.42 Å². The van der Waals surface area contributed by atoms with E-state index in [0.717, 1.165) is 36.6 Å². The number of hydrogen-bond donors (Lipinski definition) is 2. The number of hydrogen-bond acceptors (Lipinski definition) is 3. The number of sulfone groups is 1. The zero-order valence-corrected chi connectivity index (χ0v) is 15.4. The molecule has 0 radical (unpaired) electrons. The highest BCUT2D eigenvalue weighted by molar-refractivity contribution is 7.89. The van der Waals surface area contributed by atoms with Crippen LogP contribution in [0.15, 0.2) is 29.3 Å². The first-order chi connectivity index (χ1) is 10.8. The van der Waals surface area contributed by atoms with Crippen molar-refractivity contribution in [3.05, 3.63) is 35.4 Å². The van der Waals surface area contributed by atoms with Crippen LogP contribution in [-0.2, 0) is 22.1 Å². The Labute approximate surface area is 140 Å². The molecular weight excluding hydrogens is 310 g/mol. The lowest BCUT2D eigenvalue weighted by Gasteiger charge is -2.12. The molecule has 2 N–H and O–H groups in total. The van der Waals surface area contributed by atoms with Gasteiger partial charge < -0.3 is 10.6 Å². The number of benzene rings is 1. The molecule has 0 aromatic heterocycles. The quantitative estimate of drug-likeness (QED) is 0.563. The molecule has 0 saturated carbocycles. The molecule has 0 aliphatic carbocycles. The highest BCUT2D eigenvalue weighted by Gasteiger charge is 2.04. The van der Waals surface area contributed by atoms with E-state index in [-0.39, 0.29) is 5.75 Å². The molecule has 1 rings (SSSR count). The third-order valence-corrected chi connectivity index (χ3v) is 4.09. The van der Waals surface area contributed by atoms with E-state index in [9.17, 15) is 8.42 Å². The summed E-state index contributed by atoms with van der Waals surface area (Å²) in [6.07, 6.45) is 2.35. The summed E-state index contributed by atoms with van der Waals surface area (Å²) in [6, 6.07) is 7.57. The van der Waals surface area contributed by atoms with Gasteiger partial charge in [0.2, 0.25) is 0 Å². The largest absolute Gasteiger partial charge is 0.357 e. The number of nitrogens with one attached hydrogen (secondary N) is 2. The van der Waals surface area contributed by atoms with Crippen LogP contribution in [0.3, 0.4) is 0 Å². The maximum absolute atomic E-state index is 11.3. The number of nitrogens with zero attached hydrogens (tertiary/aromatic N) is 1. The fourth-order valence-electron chi connectivity index (χ4n) is 2.03. The van der Waals surface area contributed by atoms with Crippen molar-refractivity contribution in [1.82, 2.24) is 10.6 Å². The lowest BCUT2D eigenvalue weighted by Crippen LogP contribution is -2.38. The third-order valence-electron chi connectivity index (χ3n) is 3.23. The maximum atomic E-state index is 11.3. The van der Waals surface area contributed by atoms with Crippen molar-refractivity contribution in [2.24, 2.45) is 10.9 Å². The molecule has 1 aromatic carbocycles.